The highest BCUT2D eigenvalue weighted by atomic mass is 35.5. The van der Waals surface area contributed by atoms with E-state index in [0.29, 0.717) is 26.1 Å². The molecule has 20 heavy (non-hydrogen) atoms. The number of carbonyl (C=O) groups excluding carboxylic acids is 1. The van der Waals surface area contributed by atoms with Gasteiger partial charge in [-0.2, -0.15) is 0 Å². The number of rotatable bonds is 7. The summed E-state index contributed by atoms with van der Waals surface area (Å²) in [5.74, 6) is 0.0622. The Bertz CT molecular complexity index is 434. The van der Waals surface area contributed by atoms with Gasteiger partial charge in [-0.25, -0.2) is 0 Å². The van der Waals surface area contributed by atoms with Gasteiger partial charge in [0.05, 0.1) is 6.10 Å². The van der Waals surface area contributed by atoms with E-state index < -0.39 is 0 Å². The maximum atomic E-state index is 11.6. The Labute approximate surface area is 124 Å². The van der Waals surface area contributed by atoms with E-state index in [9.17, 15) is 4.79 Å². The van der Waals surface area contributed by atoms with Gasteiger partial charge in [-0.05, 0) is 24.5 Å². The predicted molar refractivity (Wildman–Crippen MR) is 79.8 cm³/mol. The second kappa shape index (κ2) is 8.25. The molecule has 2 rings (SSSR count). The molecule has 1 heterocycles. The molecule has 1 saturated heterocycles. The van der Waals surface area contributed by atoms with Crippen molar-refractivity contribution in [1.82, 2.24) is 10.6 Å². The first-order chi connectivity index (χ1) is 9.75. The molecule has 5 heteroatoms. The van der Waals surface area contributed by atoms with Crippen LogP contribution in [0.3, 0.4) is 0 Å². The SMILES string of the molecule is O=C(CCNCc1ccccc1Cl)NCC1CCCO1. The molecular weight excluding hydrogens is 276 g/mol. The van der Waals surface area contributed by atoms with E-state index in [1.807, 2.05) is 24.3 Å². The lowest BCUT2D eigenvalue weighted by Gasteiger charge is -2.11. The van der Waals surface area contributed by atoms with Crippen molar-refractivity contribution in [3.63, 3.8) is 0 Å². The summed E-state index contributed by atoms with van der Waals surface area (Å²) in [7, 11) is 0. The Hall–Kier alpha value is -1.10. The van der Waals surface area contributed by atoms with E-state index in [1.165, 1.54) is 0 Å². The van der Waals surface area contributed by atoms with Gasteiger partial charge in [0.1, 0.15) is 0 Å². The molecule has 1 aliphatic heterocycles. The van der Waals surface area contributed by atoms with E-state index in [0.717, 1.165) is 30.0 Å². The van der Waals surface area contributed by atoms with Crippen LogP contribution in [0.15, 0.2) is 24.3 Å². The molecule has 2 N–H and O–H groups in total. The Balaban J connectivity index is 1.56. The fraction of sp³-hybridized carbons (Fsp3) is 0.533. The summed E-state index contributed by atoms with van der Waals surface area (Å²) in [4.78, 5) is 11.6. The van der Waals surface area contributed by atoms with Crippen molar-refractivity contribution in [2.24, 2.45) is 0 Å². The third-order valence-electron chi connectivity index (χ3n) is 3.35. The van der Waals surface area contributed by atoms with Gasteiger partial charge in [-0.15, -0.1) is 0 Å². The second-order valence-electron chi connectivity index (χ2n) is 4.96. The number of carbonyl (C=O) groups is 1. The number of benzene rings is 1. The van der Waals surface area contributed by atoms with Crippen LogP contribution in [0.4, 0.5) is 0 Å². The molecule has 4 nitrogen and oxygen atoms in total. The van der Waals surface area contributed by atoms with Crippen molar-refractivity contribution >= 4 is 17.5 Å². The molecule has 0 aromatic heterocycles. The van der Waals surface area contributed by atoms with E-state index in [4.69, 9.17) is 16.3 Å². The predicted octanol–water partition coefficient (Wildman–Crippen LogP) is 2.11. The third kappa shape index (κ3) is 5.12. The van der Waals surface area contributed by atoms with Crippen LogP contribution >= 0.6 is 11.6 Å². The van der Waals surface area contributed by atoms with Crippen LogP contribution in [-0.4, -0.2) is 31.7 Å². The fourth-order valence-corrected chi connectivity index (χ4v) is 2.39. The van der Waals surface area contributed by atoms with E-state index in [2.05, 4.69) is 10.6 Å². The standard InChI is InChI=1S/C15H21ClN2O2/c16-14-6-2-1-4-12(14)10-17-8-7-15(19)18-11-13-5-3-9-20-13/h1-2,4,6,13,17H,3,5,7-11H2,(H,18,19). The molecule has 1 aromatic rings. The minimum absolute atomic E-state index is 0.0622. The second-order valence-corrected chi connectivity index (χ2v) is 5.36. The molecular formula is C15H21ClN2O2. The van der Waals surface area contributed by atoms with Gasteiger partial charge in [0.15, 0.2) is 0 Å². The molecule has 1 aromatic carbocycles. The first-order valence-electron chi connectivity index (χ1n) is 7.08. The number of nitrogens with one attached hydrogen (secondary N) is 2. The van der Waals surface area contributed by atoms with Crippen molar-refractivity contribution in [1.29, 1.82) is 0 Å². The minimum Gasteiger partial charge on any atom is -0.376 e. The van der Waals surface area contributed by atoms with Crippen molar-refractivity contribution in [2.45, 2.75) is 31.9 Å². The average molecular weight is 297 g/mol. The largest absolute Gasteiger partial charge is 0.376 e. The van der Waals surface area contributed by atoms with Crippen molar-refractivity contribution in [3.05, 3.63) is 34.9 Å². The van der Waals surface area contributed by atoms with Gasteiger partial charge in [0, 0.05) is 37.7 Å². The summed E-state index contributed by atoms with van der Waals surface area (Å²) in [6.07, 6.45) is 2.82. The van der Waals surface area contributed by atoms with E-state index in [1.54, 1.807) is 0 Å². The monoisotopic (exact) mass is 296 g/mol. The van der Waals surface area contributed by atoms with Gasteiger partial charge >= 0.3 is 0 Å². The highest BCUT2D eigenvalue weighted by Gasteiger charge is 2.15. The Kier molecular flexibility index (Phi) is 6.30. The summed E-state index contributed by atoms with van der Waals surface area (Å²) in [6, 6.07) is 7.71. The van der Waals surface area contributed by atoms with Gasteiger partial charge in [-0.1, -0.05) is 29.8 Å². The van der Waals surface area contributed by atoms with Crippen molar-refractivity contribution in [3.8, 4) is 0 Å². The highest BCUT2D eigenvalue weighted by molar-refractivity contribution is 6.31. The Morgan fingerprint density at radius 2 is 2.25 bits per heavy atom. The molecule has 0 saturated carbocycles. The van der Waals surface area contributed by atoms with E-state index >= 15 is 0 Å². The first-order valence-corrected chi connectivity index (χ1v) is 7.46. The van der Waals surface area contributed by atoms with Crippen LogP contribution in [-0.2, 0) is 16.1 Å². The summed E-state index contributed by atoms with van der Waals surface area (Å²) >= 11 is 6.05. The van der Waals surface area contributed by atoms with Gasteiger partial charge < -0.3 is 15.4 Å². The minimum atomic E-state index is 0.0622. The zero-order valence-electron chi connectivity index (χ0n) is 11.5. The molecule has 1 amide bonds. The van der Waals surface area contributed by atoms with Crippen LogP contribution in [0.25, 0.3) is 0 Å². The number of amides is 1. The summed E-state index contributed by atoms with van der Waals surface area (Å²) < 4.78 is 5.45. The zero-order valence-corrected chi connectivity index (χ0v) is 12.3. The number of ether oxygens (including phenoxy) is 1. The number of hydrogen-bond donors (Lipinski definition) is 2. The summed E-state index contributed by atoms with van der Waals surface area (Å²) in [5.41, 5.74) is 1.05. The van der Waals surface area contributed by atoms with Crippen LogP contribution in [0, 0.1) is 0 Å². The maximum Gasteiger partial charge on any atom is 0.221 e. The van der Waals surface area contributed by atoms with Crippen molar-refractivity contribution in [2.75, 3.05) is 19.7 Å². The first kappa shape index (κ1) is 15.3. The number of hydrogen-bond acceptors (Lipinski definition) is 3. The average Bonchev–Trinajstić information content (AvgIpc) is 2.96. The Morgan fingerprint density at radius 3 is 3.00 bits per heavy atom. The lowest BCUT2D eigenvalue weighted by molar-refractivity contribution is -0.121. The zero-order chi connectivity index (χ0) is 14.2. The molecule has 1 fully saturated rings. The summed E-state index contributed by atoms with van der Waals surface area (Å²) in [6.45, 7) is 2.77. The quantitative estimate of drug-likeness (QED) is 0.758. The normalized spacial score (nSPS) is 18.1. The lowest BCUT2D eigenvalue weighted by atomic mass is 10.2. The summed E-state index contributed by atoms with van der Waals surface area (Å²) in [5, 5.41) is 6.88. The lowest BCUT2D eigenvalue weighted by Crippen LogP contribution is -2.33. The molecule has 1 atom stereocenters. The van der Waals surface area contributed by atoms with Crippen LogP contribution in [0.5, 0.6) is 0 Å². The smallest absolute Gasteiger partial charge is 0.221 e. The Morgan fingerprint density at radius 1 is 1.40 bits per heavy atom. The molecule has 110 valence electrons. The van der Waals surface area contributed by atoms with Crippen LogP contribution in [0.2, 0.25) is 5.02 Å². The molecule has 0 aliphatic carbocycles. The molecule has 1 unspecified atom stereocenters. The van der Waals surface area contributed by atoms with Crippen LogP contribution in [0.1, 0.15) is 24.8 Å². The van der Waals surface area contributed by atoms with Crippen molar-refractivity contribution < 1.29 is 9.53 Å². The molecule has 0 bridgehead atoms. The highest BCUT2D eigenvalue weighted by Crippen LogP contribution is 2.14. The van der Waals surface area contributed by atoms with Gasteiger partial charge in [-0.3, -0.25) is 4.79 Å². The van der Waals surface area contributed by atoms with Gasteiger partial charge in [0.25, 0.3) is 0 Å². The molecule has 1 aliphatic rings. The number of halogens is 1. The topological polar surface area (TPSA) is 50.4 Å². The van der Waals surface area contributed by atoms with Crippen LogP contribution < -0.4 is 10.6 Å². The third-order valence-corrected chi connectivity index (χ3v) is 3.72. The van der Waals surface area contributed by atoms with Gasteiger partial charge in [0.2, 0.25) is 5.91 Å². The molecule has 0 radical (unpaired) electrons. The fourth-order valence-electron chi connectivity index (χ4n) is 2.19. The maximum absolute atomic E-state index is 11.6. The van der Waals surface area contributed by atoms with E-state index in [-0.39, 0.29) is 12.0 Å². The molecule has 0 spiro atoms.